The Hall–Kier alpha value is -2.18. The van der Waals surface area contributed by atoms with Crippen LogP contribution in [0.5, 0.6) is 0 Å². The molecule has 0 heterocycles. The van der Waals surface area contributed by atoms with Crippen molar-refractivity contribution in [1.29, 1.82) is 0 Å². The minimum atomic E-state index is -3.37. The summed E-state index contributed by atoms with van der Waals surface area (Å²) < 4.78 is 26.1. The summed E-state index contributed by atoms with van der Waals surface area (Å²) >= 11 is 0. The van der Waals surface area contributed by atoms with Crippen LogP contribution in [0.3, 0.4) is 0 Å². The van der Waals surface area contributed by atoms with Crippen molar-refractivity contribution in [1.82, 2.24) is 4.90 Å². The van der Waals surface area contributed by atoms with Gasteiger partial charge in [-0.1, -0.05) is 35.4 Å². The molecule has 2 N–H and O–H groups in total. The predicted octanol–water partition coefficient (Wildman–Crippen LogP) is 2.24. The van der Waals surface area contributed by atoms with Crippen molar-refractivity contribution in [3.8, 4) is 0 Å². The molecule has 1 atom stereocenters. The maximum atomic E-state index is 12.4. The molecule has 0 radical (unpaired) electrons. The second kappa shape index (κ2) is 8.27. The van der Waals surface area contributed by atoms with Crippen LogP contribution in [0.1, 0.15) is 18.1 Å². The highest BCUT2D eigenvalue weighted by molar-refractivity contribution is 7.84. The smallest absolute Gasteiger partial charge is 0.324 e. The average Bonchev–Trinajstić information content (AvgIpc) is 2.59. The molecular formula is C19H26N3O2S+. The topological polar surface area (TPSA) is 66.3 Å². The van der Waals surface area contributed by atoms with Gasteiger partial charge in [0, 0.05) is 7.05 Å². The molecule has 0 saturated heterocycles. The zero-order valence-corrected chi connectivity index (χ0v) is 16.0. The van der Waals surface area contributed by atoms with Crippen LogP contribution in [-0.2, 0) is 10.0 Å². The molecule has 0 fully saturated rings. The van der Waals surface area contributed by atoms with E-state index in [9.17, 15) is 8.42 Å². The van der Waals surface area contributed by atoms with Crippen LogP contribution in [-0.4, -0.2) is 39.3 Å². The minimum Gasteiger partial charge on any atom is -0.357 e. The van der Waals surface area contributed by atoms with Crippen LogP contribution in [0, 0.1) is 13.8 Å². The van der Waals surface area contributed by atoms with Gasteiger partial charge in [0.15, 0.2) is 0 Å². The Morgan fingerprint density at radius 3 is 2.12 bits per heavy atom. The van der Waals surface area contributed by atoms with E-state index in [2.05, 4.69) is 4.99 Å². The van der Waals surface area contributed by atoms with E-state index in [0.29, 0.717) is 11.4 Å². The Labute approximate surface area is 150 Å². The van der Waals surface area contributed by atoms with Crippen molar-refractivity contribution in [3.05, 3.63) is 59.7 Å². The Bertz CT molecular complexity index is 813. The third-order valence-corrected chi connectivity index (χ3v) is 5.68. The number of primary sulfonamides is 1. The molecule has 0 amide bonds. The number of hydrogen-bond donors (Lipinski definition) is 1. The van der Waals surface area contributed by atoms with Gasteiger partial charge < -0.3 is 4.90 Å². The Morgan fingerprint density at radius 1 is 1.04 bits per heavy atom. The summed E-state index contributed by atoms with van der Waals surface area (Å²) in [5.74, 6) is 0. The van der Waals surface area contributed by atoms with Gasteiger partial charge in [0.05, 0.1) is 18.1 Å². The molecule has 2 rings (SSSR count). The van der Waals surface area contributed by atoms with Crippen LogP contribution in [0.15, 0.2) is 58.4 Å². The molecule has 134 valence electrons. The number of benzene rings is 2. The van der Waals surface area contributed by atoms with Crippen LogP contribution >= 0.6 is 0 Å². The lowest BCUT2D eigenvalue weighted by Crippen LogP contribution is -2.89. The summed E-state index contributed by atoms with van der Waals surface area (Å²) in [6.07, 6.45) is 1.74. The van der Waals surface area contributed by atoms with E-state index in [1.165, 1.54) is 10.3 Å². The number of nitrogens with zero attached hydrogens (tertiary/aromatic N) is 2. The Morgan fingerprint density at radius 2 is 1.56 bits per heavy atom. The Balaban J connectivity index is 1.93. The van der Waals surface area contributed by atoms with Crippen LogP contribution in [0.25, 0.3) is 0 Å². The molecule has 6 heteroatoms. The SMILES string of the molecule is Cc1ccc(N=CN(C)C(C)C[NH2+]S(=O)(=O)c2ccc(C)cc2)cc1. The third-order valence-electron chi connectivity index (χ3n) is 4.12. The highest BCUT2D eigenvalue weighted by atomic mass is 32.2. The summed E-state index contributed by atoms with van der Waals surface area (Å²) in [5, 5.41) is 0. The van der Waals surface area contributed by atoms with Crippen LogP contribution in [0.4, 0.5) is 5.69 Å². The largest absolute Gasteiger partial charge is 0.357 e. The first-order valence-electron chi connectivity index (χ1n) is 8.26. The maximum Gasteiger partial charge on any atom is 0.324 e. The fourth-order valence-electron chi connectivity index (χ4n) is 2.16. The highest BCUT2D eigenvalue weighted by Gasteiger charge is 2.19. The molecular weight excluding hydrogens is 334 g/mol. The van der Waals surface area contributed by atoms with Gasteiger partial charge in [-0.2, -0.15) is 8.42 Å². The number of likely N-dealkylation sites (N-methyl/N-ethyl adjacent to an activating group) is 1. The number of sulfonamides is 1. The zero-order valence-electron chi connectivity index (χ0n) is 15.2. The van der Waals surface area contributed by atoms with Gasteiger partial charge in [0.1, 0.15) is 11.4 Å². The van der Waals surface area contributed by atoms with Gasteiger partial charge >= 0.3 is 10.0 Å². The molecule has 2 aromatic rings. The molecule has 0 bridgehead atoms. The number of quaternary nitrogens is 1. The van der Waals surface area contributed by atoms with Crippen molar-refractivity contribution >= 4 is 22.0 Å². The lowest BCUT2D eigenvalue weighted by Gasteiger charge is -2.20. The van der Waals surface area contributed by atoms with E-state index < -0.39 is 10.0 Å². The highest BCUT2D eigenvalue weighted by Crippen LogP contribution is 2.12. The van der Waals surface area contributed by atoms with E-state index in [1.807, 2.05) is 69.1 Å². The lowest BCUT2D eigenvalue weighted by atomic mass is 10.2. The number of aryl methyl sites for hydroxylation is 2. The molecule has 0 aliphatic heterocycles. The summed E-state index contributed by atoms with van der Waals surface area (Å²) in [7, 11) is -1.48. The van der Waals surface area contributed by atoms with Gasteiger partial charge in [0.25, 0.3) is 0 Å². The van der Waals surface area contributed by atoms with E-state index in [4.69, 9.17) is 0 Å². The summed E-state index contributed by atoms with van der Waals surface area (Å²) in [6.45, 7) is 6.37. The fourth-order valence-corrected chi connectivity index (χ4v) is 3.40. The second-order valence-electron chi connectivity index (χ2n) is 6.36. The lowest BCUT2D eigenvalue weighted by molar-refractivity contribution is -0.501. The zero-order chi connectivity index (χ0) is 18.4. The number of hydrogen-bond acceptors (Lipinski definition) is 3. The fraction of sp³-hybridized carbons (Fsp3) is 0.316. The van der Waals surface area contributed by atoms with E-state index in [-0.39, 0.29) is 6.04 Å². The molecule has 0 aromatic heterocycles. The Kier molecular flexibility index (Phi) is 6.33. The minimum absolute atomic E-state index is 0.0226. The summed E-state index contributed by atoms with van der Waals surface area (Å²) in [5.41, 5.74) is 3.11. The normalized spacial score (nSPS) is 13.1. The number of aliphatic imine (C=N–C) groups is 1. The standard InChI is InChI=1S/C19H25N3O2S/c1-15-5-9-18(10-6-15)20-14-22(4)17(3)13-21-25(23,24)19-11-7-16(2)8-12-19/h5-12,14,17,21H,13H2,1-4H3/p+1. The summed E-state index contributed by atoms with van der Waals surface area (Å²) in [6, 6.07) is 14.9. The molecule has 1 unspecified atom stereocenters. The number of rotatable bonds is 7. The van der Waals surface area contributed by atoms with E-state index in [1.54, 1.807) is 18.5 Å². The first-order valence-corrected chi connectivity index (χ1v) is 9.80. The molecule has 5 nitrogen and oxygen atoms in total. The van der Waals surface area contributed by atoms with Gasteiger partial charge in [-0.15, -0.1) is 0 Å². The van der Waals surface area contributed by atoms with Crippen molar-refractivity contribution in [2.45, 2.75) is 31.7 Å². The maximum absolute atomic E-state index is 12.4. The van der Waals surface area contributed by atoms with E-state index >= 15 is 0 Å². The van der Waals surface area contributed by atoms with Crippen LogP contribution < -0.4 is 4.72 Å². The van der Waals surface area contributed by atoms with Gasteiger partial charge in [0.2, 0.25) is 0 Å². The van der Waals surface area contributed by atoms with Gasteiger partial charge in [-0.3, -0.25) is 0 Å². The second-order valence-corrected chi connectivity index (χ2v) is 8.25. The molecule has 0 spiro atoms. The van der Waals surface area contributed by atoms with E-state index in [0.717, 1.165) is 11.3 Å². The quantitative estimate of drug-likeness (QED) is 0.608. The average molecular weight is 361 g/mol. The third kappa shape index (κ3) is 5.69. The van der Waals surface area contributed by atoms with Crippen LogP contribution in [0.2, 0.25) is 0 Å². The molecule has 2 aromatic carbocycles. The predicted molar refractivity (Wildman–Crippen MR) is 102 cm³/mol. The van der Waals surface area contributed by atoms with Gasteiger partial charge in [-0.05, 0) is 45.0 Å². The number of nitrogens with two attached hydrogens (primary N) is 1. The van der Waals surface area contributed by atoms with Crippen molar-refractivity contribution < 1.29 is 13.1 Å². The molecule has 0 saturated carbocycles. The van der Waals surface area contributed by atoms with Crippen molar-refractivity contribution in [2.75, 3.05) is 13.6 Å². The van der Waals surface area contributed by atoms with Crippen molar-refractivity contribution in [3.63, 3.8) is 0 Å². The first-order chi connectivity index (χ1) is 11.8. The molecule has 0 aliphatic rings. The summed E-state index contributed by atoms with van der Waals surface area (Å²) in [4.78, 5) is 6.67. The van der Waals surface area contributed by atoms with Gasteiger partial charge in [-0.25, -0.2) is 9.71 Å². The molecule has 0 aliphatic carbocycles. The first kappa shape index (κ1) is 19.1. The van der Waals surface area contributed by atoms with Crippen molar-refractivity contribution in [2.24, 2.45) is 4.99 Å². The monoisotopic (exact) mass is 360 g/mol. The molecule has 25 heavy (non-hydrogen) atoms.